The van der Waals surface area contributed by atoms with Gasteiger partial charge in [-0.1, -0.05) is 24.3 Å². The summed E-state index contributed by atoms with van der Waals surface area (Å²) < 4.78 is 12.9. The molecule has 1 aliphatic rings. The molecule has 0 saturated carbocycles. The van der Waals surface area contributed by atoms with Crippen LogP contribution in [-0.2, 0) is 16.1 Å². The van der Waals surface area contributed by atoms with Crippen LogP contribution < -0.4 is 10.2 Å². The third-order valence-corrected chi connectivity index (χ3v) is 4.74. The highest BCUT2D eigenvalue weighted by Crippen LogP contribution is 2.29. The van der Waals surface area contributed by atoms with Crippen LogP contribution in [0, 0.1) is 25.6 Å². The summed E-state index contributed by atoms with van der Waals surface area (Å²) in [6, 6.07) is 11.8. The molecule has 1 heterocycles. The molecule has 5 heteroatoms. The molecule has 130 valence electrons. The summed E-state index contributed by atoms with van der Waals surface area (Å²) in [5.41, 5.74) is 3.88. The molecule has 1 saturated heterocycles. The summed E-state index contributed by atoms with van der Waals surface area (Å²) in [4.78, 5) is 26.5. The Morgan fingerprint density at radius 1 is 1.20 bits per heavy atom. The van der Waals surface area contributed by atoms with Crippen LogP contribution in [0.5, 0.6) is 0 Å². The topological polar surface area (TPSA) is 49.4 Å². The first-order valence-corrected chi connectivity index (χ1v) is 8.34. The molecule has 25 heavy (non-hydrogen) atoms. The van der Waals surface area contributed by atoms with Crippen molar-refractivity contribution in [1.29, 1.82) is 0 Å². The summed E-state index contributed by atoms with van der Waals surface area (Å²) in [7, 11) is 0. The lowest BCUT2D eigenvalue weighted by Crippen LogP contribution is -2.32. The molecular formula is C20H21FN2O2. The first-order chi connectivity index (χ1) is 12.0. The lowest BCUT2D eigenvalue weighted by molar-refractivity contribution is -0.126. The quantitative estimate of drug-likeness (QED) is 0.930. The largest absolute Gasteiger partial charge is 0.352 e. The fraction of sp³-hybridized carbons (Fsp3) is 0.300. The summed E-state index contributed by atoms with van der Waals surface area (Å²) in [6.45, 7) is 4.71. The van der Waals surface area contributed by atoms with Gasteiger partial charge in [-0.3, -0.25) is 9.59 Å². The van der Waals surface area contributed by atoms with E-state index in [-0.39, 0.29) is 30.0 Å². The van der Waals surface area contributed by atoms with E-state index in [1.807, 2.05) is 32.0 Å². The minimum Gasteiger partial charge on any atom is -0.352 e. The van der Waals surface area contributed by atoms with Crippen LogP contribution in [0.25, 0.3) is 0 Å². The van der Waals surface area contributed by atoms with Crippen LogP contribution in [0.3, 0.4) is 0 Å². The van der Waals surface area contributed by atoms with Gasteiger partial charge in [-0.15, -0.1) is 0 Å². The van der Waals surface area contributed by atoms with Gasteiger partial charge in [0.05, 0.1) is 5.92 Å². The molecule has 2 aromatic rings. The maximum Gasteiger partial charge on any atom is 0.227 e. The van der Waals surface area contributed by atoms with Gasteiger partial charge in [0.15, 0.2) is 0 Å². The summed E-state index contributed by atoms with van der Waals surface area (Å²) >= 11 is 0. The number of aryl methyl sites for hydroxylation is 1. The zero-order valence-electron chi connectivity index (χ0n) is 14.4. The second-order valence-electron chi connectivity index (χ2n) is 6.47. The Hall–Kier alpha value is -2.69. The summed E-state index contributed by atoms with van der Waals surface area (Å²) in [5, 5.41) is 2.84. The molecule has 1 fully saturated rings. The van der Waals surface area contributed by atoms with Gasteiger partial charge in [0, 0.05) is 25.2 Å². The van der Waals surface area contributed by atoms with Gasteiger partial charge in [-0.05, 0) is 48.7 Å². The van der Waals surface area contributed by atoms with Crippen molar-refractivity contribution in [3.05, 3.63) is 65.0 Å². The van der Waals surface area contributed by atoms with E-state index in [0.717, 1.165) is 22.4 Å². The van der Waals surface area contributed by atoms with E-state index in [9.17, 15) is 14.0 Å². The summed E-state index contributed by atoms with van der Waals surface area (Å²) in [5.74, 6) is -0.852. The van der Waals surface area contributed by atoms with E-state index in [1.165, 1.54) is 12.1 Å². The highest BCUT2D eigenvalue weighted by molar-refractivity contribution is 6.00. The number of hydrogen-bond donors (Lipinski definition) is 1. The predicted molar refractivity (Wildman–Crippen MR) is 94.6 cm³/mol. The third-order valence-electron chi connectivity index (χ3n) is 4.74. The van der Waals surface area contributed by atoms with E-state index < -0.39 is 0 Å². The molecule has 0 unspecified atom stereocenters. The van der Waals surface area contributed by atoms with Gasteiger partial charge in [0.2, 0.25) is 11.8 Å². The maximum atomic E-state index is 12.9. The van der Waals surface area contributed by atoms with Gasteiger partial charge < -0.3 is 10.2 Å². The second-order valence-corrected chi connectivity index (χ2v) is 6.47. The zero-order chi connectivity index (χ0) is 18.0. The van der Waals surface area contributed by atoms with Crippen molar-refractivity contribution in [3.63, 3.8) is 0 Å². The third kappa shape index (κ3) is 3.71. The van der Waals surface area contributed by atoms with Crippen LogP contribution in [0.2, 0.25) is 0 Å². The average molecular weight is 340 g/mol. The number of amides is 2. The highest BCUT2D eigenvalue weighted by atomic mass is 19.1. The molecule has 2 amide bonds. The Balaban J connectivity index is 1.64. The predicted octanol–water partition coefficient (Wildman–Crippen LogP) is 3.11. The number of nitrogens with zero attached hydrogens (tertiary/aromatic N) is 1. The Morgan fingerprint density at radius 3 is 2.64 bits per heavy atom. The van der Waals surface area contributed by atoms with Gasteiger partial charge >= 0.3 is 0 Å². The van der Waals surface area contributed by atoms with Crippen LogP contribution in [0.1, 0.15) is 23.1 Å². The molecule has 1 atom stereocenters. The van der Waals surface area contributed by atoms with Crippen molar-refractivity contribution in [3.8, 4) is 0 Å². The van der Waals surface area contributed by atoms with Crippen molar-refractivity contribution in [2.45, 2.75) is 26.8 Å². The minimum atomic E-state index is -0.368. The number of anilines is 1. The Kier molecular flexibility index (Phi) is 4.83. The highest BCUT2D eigenvalue weighted by Gasteiger charge is 2.35. The number of carbonyl (C=O) groups is 2. The van der Waals surface area contributed by atoms with Crippen molar-refractivity contribution in [1.82, 2.24) is 5.32 Å². The van der Waals surface area contributed by atoms with Crippen LogP contribution in [0.4, 0.5) is 10.1 Å². The fourth-order valence-electron chi connectivity index (χ4n) is 3.08. The number of halogens is 1. The van der Waals surface area contributed by atoms with E-state index in [4.69, 9.17) is 0 Å². The van der Waals surface area contributed by atoms with Crippen molar-refractivity contribution in [2.75, 3.05) is 11.4 Å². The molecule has 0 spiro atoms. The van der Waals surface area contributed by atoms with E-state index in [0.29, 0.717) is 13.1 Å². The van der Waals surface area contributed by atoms with E-state index in [2.05, 4.69) is 5.32 Å². The fourth-order valence-corrected chi connectivity index (χ4v) is 3.08. The minimum absolute atomic E-state index is 0.0318. The van der Waals surface area contributed by atoms with Gasteiger partial charge in [-0.2, -0.15) is 0 Å². The molecule has 0 bridgehead atoms. The Labute approximate surface area is 146 Å². The standard InChI is InChI=1S/C20H21FN2O2/c1-13-4-3-5-18(14(13)2)23-12-16(10-19(23)24)20(25)22-11-15-6-8-17(21)9-7-15/h3-9,16H,10-12H2,1-2H3,(H,22,25)/t16-/m0/s1. The molecule has 4 nitrogen and oxygen atoms in total. The number of rotatable bonds is 4. The molecule has 2 aromatic carbocycles. The average Bonchev–Trinajstić information content (AvgIpc) is 2.98. The van der Waals surface area contributed by atoms with E-state index in [1.54, 1.807) is 17.0 Å². The number of nitrogens with one attached hydrogen (secondary N) is 1. The first-order valence-electron chi connectivity index (χ1n) is 8.34. The smallest absolute Gasteiger partial charge is 0.227 e. The van der Waals surface area contributed by atoms with Crippen LogP contribution in [-0.4, -0.2) is 18.4 Å². The Morgan fingerprint density at radius 2 is 1.92 bits per heavy atom. The number of hydrogen-bond acceptors (Lipinski definition) is 2. The molecule has 0 aromatic heterocycles. The monoisotopic (exact) mass is 340 g/mol. The number of benzene rings is 2. The lowest BCUT2D eigenvalue weighted by Gasteiger charge is -2.20. The summed E-state index contributed by atoms with van der Waals surface area (Å²) in [6.07, 6.45) is 0.211. The van der Waals surface area contributed by atoms with Crippen molar-refractivity contribution in [2.24, 2.45) is 5.92 Å². The Bertz CT molecular complexity index is 802. The van der Waals surface area contributed by atoms with Gasteiger partial charge in [0.1, 0.15) is 5.82 Å². The van der Waals surface area contributed by atoms with E-state index >= 15 is 0 Å². The molecule has 0 aliphatic carbocycles. The molecular weight excluding hydrogens is 319 g/mol. The van der Waals surface area contributed by atoms with Gasteiger partial charge in [0.25, 0.3) is 0 Å². The van der Waals surface area contributed by atoms with Crippen LogP contribution >= 0.6 is 0 Å². The molecule has 0 radical (unpaired) electrons. The second kappa shape index (κ2) is 7.05. The van der Waals surface area contributed by atoms with Gasteiger partial charge in [-0.25, -0.2) is 4.39 Å². The van der Waals surface area contributed by atoms with Crippen molar-refractivity contribution < 1.29 is 14.0 Å². The normalized spacial score (nSPS) is 17.0. The SMILES string of the molecule is Cc1cccc(N2C[C@@H](C(=O)NCc3ccc(F)cc3)CC2=O)c1C. The zero-order valence-corrected chi connectivity index (χ0v) is 14.4. The molecule has 3 rings (SSSR count). The first kappa shape index (κ1) is 17.1. The molecule has 1 aliphatic heterocycles. The van der Waals surface area contributed by atoms with Crippen LogP contribution in [0.15, 0.2) is 42.5 Å². The maximum absolute atomic E-state index is 12.9. The molecule has 1 N–H and O–H groups in total. The van der Waals surface area contributed by atoms with Crippen molar-refractivity contribution >= 4 is 17.5 Å². The lowest BCUT2D eigenvalue weighted by atomic mass is 10.1. The number of carbonyl (C=O) groups excluding carboxylic acids is 2.